The zero-order valence-electron chi connectivity index (χ0n) is 19.0. The minimum absolute atomic E-state index is 0.313. The molecule has 0 unspecified atom stereocenters. The van der Waals surface area contributed by atoms with Crippen LogP contribution in [0.1, 0.15) is 22.8 Å². The zero-order valence-corrected chi connectivity index (χ0v) is 19.0. The van der Waals surface area contributed by atoms with Crippen LogP contribution in [0.4, 0.5) is 5.69 Å². The van der Waals surface area contributed by atoms with Gasteiger partial charge in [-0.1, -0.05) is 12.1 Å². The Balaban J connectivity index is 1.67. The number of nitrogens with two attached hydrogens (primary N) is 1. The second-order valence-electron chi connectivity index (χ2n) is 7.69. The van der Waals surface area contributed by atoms with Crippen molar-refractivity contribution in [3.63, 3.8) is 0 Å². The molecule has 3 aromatic carbocycles. The molecule has 0 aliphatic rings. The maximum absolute atomic E-state index is 12.6. The van der Waals surface area contributed by atoms with Crippen LogP contribution in [0.15, 0.2) is 77.4 Å². The first-order valence-electron chi connectivity index (χ1n) is 10.5. The van der Waals surface area contributed by atoms with Crippen molar-refractivity contribution in [2.45, 2.75) is 6.92 Å². The van der Waals surface area contributed by atoms with Gasteiger partial charge < -0.3 is 24.9 Å². The van der Waals surface area contributed by atoms with Gasteiger partial charge in [-0.3, -0.25) is 9.59 Å². The SMILES string of the molecule is COc1cccc(-c2coc3cc(OC)c(/C(C)=C/C(=O)Nc4ccc(C(N)=O)cc4)cc23)c1. The van der Waals surface area contributed by atoms with Crippen molar-refractivity contribution in [3.05, 3.63) is 84.1 Å². The molecule has 0 bridgehead atoms. The second kappa shape index (κ2) is 9.54. The summed E-state index contributed by atoms with van der Waals surface area (Å²) in [6.07, 6.45) is 3.20. The number of benzene rings is 3. The van der Waals surface area contributed by atoms with E-state index in [2.05, 4.69) is 5.32 Å². The molecule has 0 spiro atoms. The van der Waals surface area contributed by atoms with Crippen LogP contribution in [-0.4, -0.2) is 26.0 Å². The first-order valence-corrected chi connectivity index (χ1v) is 10.5. The number of fused-ring (bicyclic) bond motifs is 1. The van der Waals surface area contributed by atoms with Crippen LogP contribution in [0, 0.1) is 0 Å². The van der Waals surface area contributed by atoms with Crippen molar-refractivity contribution in [3.8, 4) is 22.6 Å². The molecule has 0 fully saturated rings. The van der Waals surface area contributed by atoms with E-state index in [1.807, 2.05) is 43.3 Å². The van der Waals surface area contributed by atoms with E-state index in [9.17, 15) is 9.59 Å². The Kier molecular flexibility index (Phi) is 6.36. The maximum atomic E-state index is 12.6. The largest absolute Gasteiger partial charge is 0.497 e. The van der Waals surface area contributed by atoms with Crippen LogP contribution in [0.3, 0.4) is 0 Å². The van der Waals surface area contributed by atoms with Gasteiger partial charge in [-0.15, -0.1) is 0 Å². The molecular weight excluding hydrogens is 432 g/mol. The number of carbonyl (C=O) groups excluding carboxylic acids is 2. The Morgan fingerprint density at radius 1 is 1.00 bits per heavy atom. The Morgan fingerprint density at radius 3 is 2.44 bits per heavy atom. The van der Waals surface area contributed by atoms with Crippen molar-refractivity contribution in [1.29, 1.82) is 0 Å². The zero-order chi connectivity index (χ0) is 24.2. The molecule has 0 saturated carbocycles. The summed E-state index contributed by atoms with van der Waals surface area (Å²) in [4.78, 5) is 23.9. The summed E-state index contributed by atoms with van der Waals surface area (Å²) in [7, 11) is 3.20. The molecule has 172 valence electrons. The normalized spacial score (nSPS) is 11.3. The summed E-state index contributed by atoms with van der Waals surface area (Å²) in [6, 6.07) is 17.9. The highest BCUT2D eigenvalue weighted by Crippen LogP contribution is 2.38. The van der Waals surface area contributed by atoms with E-state index in [1.54, 1.807) is 44.7 Å². The molecule has 2 amide bonds. The van der Waals surface area contributed by atoms with Gasteiger partial charge in [0.1, 0.15) is 17.1 Å². The fraction of sp³-hybridized carbons (Fsp3) is 0.111. The van der Waals surface area contributed by atoms with Crippen LogP contribution < -0.4 is 20.5 Å². The summed E-state index contributed by atoms with van der Waals surface area (Å²) in [5, 5.41) is 3.68. The molecule has 1 heterocycles. The molecule has 0 aliphatic carbocycles. The maximum Gasteiger partial charge on any atom is 0.248 e. The lowest BCUT2D eigenvalue weighted by Crippen LogP contribution is -2.12. The number of carbonyl (C=O) groups is 2. The number of hydrogen-bond donors (Lipinski definition) is 2. The van der Waals surface area contributed by atoms with Crippen LogP contribution in [-0.2, 0) is 4.79 Å². The van der Waals surface area contributed by atoms with Gasteiger partial charge in [0.2, 0.25) is 11.8 Å². The number of nitrogens with one attached hydrogen (secondary N) is 1. The number of amides is 2. The highest BCUT2D eigenvalue weighted by Gasteiger charge is 2.15. The summed E-state index contributed by atoms with van der Waals surface area (Å²) in [6.45, 7) is 1.84. The van der Waals surface area contributed by atoms with Gasteiger partial charge in [-0.05, 0) is 60.5 Å². The Morgan fingerprint density at radius 2 is 1.76 bits per heavy atom. The molecule has 4 rings (SSSR count). The lowest BCUT2D eigenvalue weighted by atomic mass is 9.99. The third-order valence-electron chi connectivity index (χ3n) is 5.49. The number of ether oxygens (including phenoxy) is 2. The molecule has 4 aromatic rings. The molecule has 0 radical (unpaired) electrons. The number of methoxy groups -OCH3 is 2. The quantitative estimate of drug-likeness (QED) is 0.369. The van der Waals surface area contributed by atoms with Crippen molar-refractivity contribution in [2.75, 3.05) is 19.5 Å². The van der Waals surface area contributed by atoms with Crippen molar-refractivity contribution in [1.82, 2.24) is 0 Å². The summed E-state index contributed by atoms with van der Waals surface area (Å²) >= 11 is 0. The summed E-state index contributed by atoms with van der Waals surface area (Å²) < 4.78 is 16.7. The third-order valence-corrected chi connectivity index (χ3v) is 5.49. The van der Waals surface area contributed by atoms with Crippen LogP contribution in [0.2, 0.25) is 0 Å². The van der Waals surface area contributed by atoms with Crippen LogP contribution >= 0.6 is 0 Å². The van der Waals surface area contributed by atoms with Gasteiger partial charge in [-0.2, -0.15) is 0 Å². The lowest BCUT2D eigenvalue weighted by Gasteiger charge is -2.10. The number of primary amides is 1. The first-order chi connectivity index (χ1) is 16.4. The number of allylic oxidation sites excluding steroid dienone is 1. The summed E-state index contributed by atoms with van der Waals surface area (Å²) in [5.74, 6) is 0.499. The molecule has 0 atom stereocenters. The van der Waals surface area contributed by atoms with E-state index < -0.39 is 5.91 Å². The predicted octanol–water partition coefficient (Wildman–Crippen LogP) is 5.26. The van der Waals surface area contributed by atoms with Gasteiger partial charge >= 0.3 is 0 Å². The highest BCUT2D eigenvalue weighted by atomic mass is 16.5. The molecule has 34 heavy (non-hydrogen) atoms. The lowest BCUT2D eigenvalue weighted by molar-refractivity contribution is -0.111. The number of anilines is 1. The average molecular weight is 456 g/mol. The average Bonchev–Trinajstić information content (AvgIpc) is 3.26. The van der Waals surface area contributed by atoms with E-state index in [0.29, 0.717) is 28.2 Å². The van der Waals surface area contributed by atoms with Gasteiger partial charge in [0.15, 0.2) is 0 Å². The number of furan rings is 1. The van der Waals surface area contributed by atoms with Crippen LogP contribution in [0.5, 0.6) is 11.5 Å². The standard InChI is InChI=1S/C27H24N2O5/c1-16(11-26(30)29-19-9-7-17(8-10-19)27(28)31)21-13-22-23(15-34-25(22)14-24(21)33-3)18-5-4-6-20(12-18)32-2/h4-15H,1-3H3,(H2,28,31)(H,29,30)/b16-11+. The Labute approximate surface area is 196 Å². The molecular formula is C27H24N2O5. The Bertz CT molecular complexity index is 1400. The smallest absolute Gasteiger partial charge is 0.248 e. The number of rotatable bonds is 7. The predicted molar refractivity (Wildman–Crippen MR) is 132 cm³/mol. The van der Waals surface area contributed by atoms with Gasteiger partial charge in [0.05, 0.1) is 20.5 Å². The fourth-order valence-corrected chi connectivity index (χ4v) is 3.72. The molecule has 0 saturated heterocycles. The van der Waals surface area contributed by atoms with E-state index in [1.165, 1.54) is 6.08 Å². The topological polar surface area (TPSA) is 104 Å². The van der Waals surface area contributed by atoms with Crippen molar-refractivity contribution >= 4 is 34.0 Å². The van der Waals surface area contributed by atoms with E-state index in [0.717, 1.165) is 27.8 Å². The Hall–Kier alpha value is -4.52. The van der Waals surface area contributed by atoms with Crippen molar-refractivity contribution in [2.24, 2.45) is 5.73 Å². The number of hydrogen-bond acceptors (Lipinski definition) is 5. The monoisotopic (exact) mass is 456 g/mol. The minimum Gasteiger partial charge on any atom is -0.497 e. The first kappa shape index (κ1) is 22.7. The van der Waals surface area contributed by atoms with Crippen LogP contribution in [0.25, 0.3) is 27.7 Å². The molecule has 1 aromatic heterocycles. The van der Waals surface area contributed by atoms with E-state index in [4.69, 9.17) is 19.6 Å². The van der Waals surface area contributed by atoms with Crippen molar-refractivity contribution < 1.29 is 23.5 Å². The second-order valence-corrected chi connectivity index (χ2v) is 7.69. The van der Waals surface area contributed by atoms with Gasteiger partial charge in [-0.25, -0.2) is 0 Å². The molecule has 7 heteroatoms. The summed E-state index contributed by atoms with van der Waals surface area (Å²) in [5.41, 5.74) is 10.2. The van der Waals surface area contributed by atoms with Gasteiger partial charge in [0, 0.05) is 39.9 Å². The molecule has 0 aliphatic heterocycles. The van der Waals surface area contributed by atoms with Gasteiger partial charge in [0.25, 0.3) is 0 Å². The van der Waals surface area contributed by atoms with E-state index in [-0.39, 0.29) is 5.91 Å². The highest BCUT2D eigenvalue weighted by molar-refractivity contribution is 6.05. The van der Waals surface area contributed by atoms with E-state index >= 15 is 0 Å². The third kappa shape index (κ3) is 4.63. The molecule has 7 nitrogen and oxygen atoms in total. The minimum atomic E-state index is -0.524. The fourth-order valence-electron chi connectivity index (χ4n) is 3.72. The molecule has 3 N–H and O–H groups in total.